The van der Waals surface area contributed by atoms with Crippen molar-refractivity contribution in [3.05, 3.63) is 117 Å². The molecule has 0 bridgehead atoms. The lowest BCUT2D eigenvalue weighted by Crippen LogP contribution is -2.17. The molecule has 0 atom stereocenters. The molecule has 40 heavy (non-hydrogen) atoms. The molecule has 0 saturated carbocycles. The molecule has 1 N–H and O–H groups in total. The van der Waals surface area contributed by atoms with Gasteiger partial charge in [-0.1, -0.05) is 39.7 Å². The minimum atomic E-state index is -0.597. The lowest BCUT2D eigenvalue weighted by molar-refractivity contribution is 0.0733. The molecule has 0 heterocycles. The first-order valence-electron chi connectivity index (χ1n) is 11.9. The van der Waals surface area contributed by atoms with Gasteiger partial charge in [-0.3, -0.25) is 4.79 Å². The van der Waals surface area contributed by atoms with Crippen LogP contribution >= 0.6 is 27.5 Å². The Morgan fingerprint density at radius 3 is 2.23 bits per heavy atom. The summed E-state index contributed by atoms with van der Waals surface area (Å²) in [5.74, 6) is 0.748. The minimum Gasteiger partial charge on any atom is -0.493 e. The predicted octanol–water partition coefficient (Wildman–Crippen LogP) is 6.68. The third kappa shape index (κ3) is 7.62. The highest BCUT2D eigenvalue weighted by molar-refractivity contribution is 9.10. The monoisotopic (exact) mass is 622 g/mol. The van der Waals surface area contributed by atoms with E-state index in [0.29, 0.717) is 40.0 Å². The Balaban J connectivity index is 1.38. The number of hydrazone groups is 1. The molecule has 0 fully saturated rings. The molecule has 10 heteroatoms. The molecule has 8 nitrogen and oxygen atoms in total. The van der Waals surface area contributed by atoms with Crippen LogP contribution in [0.3, 0.4) is 0 Å². The molecule has 4 aromatic rings. The smallest absolute Gasteiger partial charge is 0.343 e. The summed E-state index contributed by atoms with van der Waals surface area (Å²) in [7, 11) is 2.99. The molecular weight excluding hydrogens is 600 g/mol. The second kappa shape index (κ2) is 13.6. The van der Waals surface area contributed by atoms with Gasteiger partial charge >= 0.3 is 5.97 Å². The molecule has 0 saturated heterocycles. The van der Waals surface area contributed by atoms with E-state index < -0.39 is 11.9 Å². The van der Waals surface area contributed by atoms with Gasteiger partial charge in [-0.25, -0.2) is 10.2 Å². The van der Waals surface area contributed by atoms with Crippen molar-refractivity contribution in [2.45, 2.75) is 6.61 Å². The van der Waals surface area contributed by atoms with Crippen molar-refractivity contribution in [3.8, 4) is 23.0 Å². The van der Waals surface area contributed by atoms with Crippen LogP contribution in [-0.2, 0) is 6.61 Å². The Bertz CT molecular complexity index is 1520. The van der Waals surface area contributed by atoms with Gasteiger partial charge in [0.15, 0.2) is 11.5 Å². The average molecular weight is 624 g/mol. The van der Waals surface area contributed by atoms with E-state index in [0.717, 1.165) is 10.0 Å². The summed E-state index contributed by atoms with van der Waals surface area (Å²) in [5.41, 5.74) is 4.59. The number of carbonyl (C=O) groups excluding carboxylic acids is 2. The number of carbonyl (C=O) groups is 2. The SMILES string of the molecule is COc1ccc(C(=O)Oc2ccc(Br)cc2C=NNC(=O)c2ccc(OCc3ccc(Cl)cc3)cc2)cc1OC. The first kappa shape index (κ1) is 28.7. The maximum absolute atomic E-state index is 12.8. The van der Waals surface area contributed by atoms with Crippen molar-refractivity contribution < 1.29 is 28.5 Å². The van der Waals surface area contributed by atoms with Gasteiger partial charge in [0.05, 0.1) is 26.0 Å². The number of hydrogen-bond donors (Lipinski definition) is 1. The van der Waals surface area contributed by atoms with Crippen LogP contribution in [0, 0.1) is 0 Å². The van der Waals surface area contributed by atoms with Crippen LogP contribution < -0.4 is 24.4 Å². The molecule has 4 rings (SSSR count). The molecule has 0 aliphatic carbocycles. The fourth-order valence-electron chi connectivity index (χ4n) is 3.51. The number of rotatable bonds is 10. The zero-order chi connectivity index (χ0) is 28.5. The second-order valence-electron chi connectivity index (χ2n) is 8.28. The van der Waals surface area contributed by atoms with Crippen molar-refractivity contribution in [2.24, 2.45) is 5.10 Å². The molecule has 4 aromatic carbocycles. The number of amides is 1. The van der Waals surface area contributed by atoms with Crippen LogP contribution in [0.1, 0.15) is 31.8 Å². The van der Waals surface area contributed by atoms with Crippen molar-refractivity contribution in [2.75, 3.05) is 14.2 Å². The Kier molecular flexibility index (Phi) is 9.77. The molecule has 0 spiro atoms. The standard InChI is InChI=1S/C30H24BrClN2O6/c1-37-27-13-7-21(16-28(27)38-2)30(36)40-26-14-8-23(31)15-22(26)17-33-34-29(35)20-5-11-25(12-6-20)39-18-19-3-9-24(32)10-4-19/h3-17H,18H2,1-2H3,(H,34,35). The summed E-state index contributed by atoms with van der Waals surface area (Å²) < 4.78 is 22.6. The zero-order valence-electron chi connectivity index (χ0n) is 21.5. The van der Waals surface area contributed by atoms with E-state index >= 15 is 0 Å². The van der Waals surface area contributed by atoms with Gasteiger partial charge in [0.2, 0.25) is 0 Å². The van der Waals surface area contributed by atoms with E-state index in [1.807, 2.05) is 12.1 Å². The number of benzene rings is 4. The molecular formula is C30H24BrClN2O6. The Morgan fingerprint density at radius 2 is 1.52 bits per heavy atom. The van der Waals surface area contributed by atoms with E-state index in [1.54, 1.807) is 66.7 Å². The number of esters is 1. The average Bonchev–Trinajstić information content (AvgIpc) is 2.98. The van der Waals surface area contributed by atoms with Crippen LogP contribution in [0.25, 0.3) is 0 Å². The number of hydrogen-bond acceptors (Lipinski definition) is 7. The summed E-state index contributed by atoms with van der Waals surface area (Å²) >= 11 is 9.30. The van der Waals surface area contributed by atoms with Crippen molar-refractivity contribution in [3.63, 3.8) is 0 Å². The van der Waals surface area contributed by atoms with Crippen LogP contribution in [0.5, 0.6) is 23.0 Å². The minimum absolute atomic E-state index is 0.253. The van der Waals surface area contributed by atoms with Gasteiger partial charge in [0, 0.05) is 20.6 Å². The molecule has 0 aliphatic rings. The summed E-state index contributed by atoms with van der Waals surface area (Å²) in [6.45, 7) is 0.374. The molecule has 0 unspecified atom stereocenters. The molecule has 0 radical (unpaired) electrons. The lowest BCUT2D eigenvalue weighted by Gasteiger charge is -2.11. The molecule has 204 valence electrons. The summed E-state index contributed by atoms with van der Waals surface area (Å²) in [6, 6.07) is 23.8. The van der Waals surface area contributed by atoms with Gasteiger partial charge < -0.3 is 18.9 Å². The van der Waals surface area contributed by atoms with E-state index in [-0.39, 0.29) is 11.3 Å². The second-order valence-corrected chi connectivity index (χ2v) is 9.63. The number of ether oxygens (including phenoxy) is 4. The lowest BCUT2D eigenvalue weighted by atomic mass is 10.2. The molecule has 0 aromatic heterocycles. The molecule has 0 aliphatic heterocycles. The van der Waals surface area contributed by atoms with E-state index in [2.05, 4.69) is 26.5 Å². The quantitative estimate of drug-likeness (QED) is 0.0916. The van der Waals surface area contributed by atoms with E-state index in [9.17, 15) is 9.59 Å². The third-order valence-corrected chi connectivity index (χ3v) is 6.34. The predicted molar refractivity (Wildman–Crippen MR) is 156 cm³/mol. The first-order valence-corrected chi connectivity index (χ1v) is 13.1. The van der Waals surface area contributed by atoms with Crippen LogP contribution in [-0.4, -0.2) is 32.3 Å². The van der Waals surface area contributed by atoms with Gasteiger partial charge in [-0.05, 0) is 78.4 Å². The number of nitrogens with one attached hydrogen (secondary N) is 1. The maximum atomic E-state index is 12.8. The van der Waals surface area contributed by atoms with Crippen molar-refractivity contribution in [1.82, 2.24) is 5.43 Å². The normalized spacial score (nSPS) is 10.7. The summed E-state index contributed by atoms with van der Waals surface area (Å²) in [6.07, 6.45) is 1.39. The summed E-state index contributed by atoms with van der Waals surface area (Å²) in [4.78, 5) is 25.4. The Labute approximate surface area is 244 Å². The zero-order valence-corrected chi connectivity index (χ0v) is 23.9. The van der Waals surface area contributed by atoms with Crippen LogP contribution in [0.15, 0.2) is 94.5 Å². The Hall–Kier alpha value is -4.34. The van der Waals surface area contributed by atoms with E-state index in [4.69, 9.17) is 30.5 Å². The maximum Gasteiger partial charge on any atom is 0.343 e. The highest BCUT2D eigenvalue weighted by Crippen LogP contribution is 2.29. The number of nitrogens with zero attached hydrogens (tertiary/aromatic N) is 1. The van der Waals surface area contributed by atoms with Gasteiger partial charge in [0.25, 0.3) is 5.91 Å². The highest BCUT2D eigenvalue weighted by Gasteiger charge is 2.15. The highest BCUT2D eigenvalue weighted by atomic mass is 79.9. The number of halogens is 2. The largest absolute Gasteiger partial charge is 0.493 e. The van der Waals surface area contributed by atoms with Gasteiger partial charge in [0.1, 0.15) is 18.1 Å². The van der Waals surface area contributed by atoms with Gasteiger partial charge in [-0.15, -0.1) is 0 Å². The van der Waals surface area contributed by atoms with Crippen molar-refractivity contribution in [1.29, 1.82) is 0 Å². The van der Waals surface area contributed by atoms with Crippen LogP contribution in [0.2, 0.25) is 5.02 Å². The Morgan fingerprint density at radius 1 is 0.850 bits per heavy atom. The van der Waals surface area contributed by atoms with E-state index in [1.165, 1.54) is 26.5 Å². The first-order chi connectivity index (χ1) is 19.4. The van der Waals surface area contributed by atoms with Gasteiger partial charge in [-0.2, -0.15) is 5.10 Å². The molecule has 1 amide bonds. The number of methoxy groups -OCH3 is 2. The fraction of sp³-hybridized carbons (Fsp3) is 0.100. The topological polar surface area (TPSA) is 95.5 Å². The fourth-order valence-corrected chi connectivity index (χ4v) is 4.01. The van der Waals surface area contributed by atoms with Crippen molar-refractivity contribution >= 4 is 45.6 Å². The third-order valence-electron chi connectivity index (χ3n) is 5.60. The van der Waals surface area contributed by atoms with Crippen LogP contribution in [0.4, 0.5) is 0 Å². The summed E-state index contributed by atoms with van der Waals surface area (Å²) in [5, 5.41) is 4.70.